The Hall–Kier alpha value is -4.80. The quantitative estimate of drug-likeness (QED) is 0.286. The van der Waals surface area contributed by atoms with Crippen molar-refractivity contribution in [1.29, 1.82) is 0 Å². The number of carbonyl (C=O) groups is 3. The molecule has 1 fully saturated rings. The van der Waals surface area contributed by atoms with E-state index in [1.54, 1.807) is 36.9 Å². The highest BCUT2D eigenvalue weighted by molar-refractivity contribution is 6.18. The van der Waals surface area contributed by atoms with Gasteiger partial charge in [0, 0.05) is 20.9 Å². The third kappa shape index (κ3) is 5.31. The van der Waals surface area contributed by atoms with Gasteiger partial charge < -0.3 is 24.3 Å². The van der Waals surface area contributed by atoms with Crippen LogP contribution in [0.3, 0.4) is 0 Å². The number of esters is 2. The molecule has 3 aromatic rings. The highest BCUT2D eigenvalue weighted by Gasteiger charge is 2.38. The van der Waals surface area contributed by atoms with Gasteiger partial charge in [0.15, 0.2) is 18.1 Å². The number of cyclic esters (lactones) is 2. The van der Waals surface area contributed by atoms with E-state index in [1.165, 1.54) is 43.8 Å². The standard InChI is InChI=1S/C27H27N3O8/c1-16-23(24(32)30(29(16)4)18-9-7-6-8-10-18)28-22(31)15-36-20-12-11-17(14-21(20)35-5)13-19-25(33)37-27(2,3)38-26(19)34/h6-14H,15H2,1-5H3,(H,28,31). The molecule has 11 nitrogen and oxygen atoms in total. The molecule has 1 saturated heterocycles. The van der Waals surface area contributed by atoms with Crippen LogP contribution < -0.4 is 20.3 Å². The lowest BCUT2D eigenvalue weighted by molar-refractivity contribution is -0.222. The molecule has 0 bridgehead atoms. The van der Waals surface area contributed by atoms with E-state index in [-0.39, 0.29) is 28.3 Å². The lowest BCUT2D eigenvalue weighted by Crippen LogP contribution is -2.41. The second kappa shape index (κ2) is 10.3. The minimum Gasteiger partial charge on any atom is -0.493 e. The number of aromatic nitrogens is 2. The zero-order chi connectivity index (χ0) is 27.6. The molecule has 0 saturated carbocycles. The predicted octanol–water partition coefficient (Wildman–Crippen LogP) is 2.73. The van der Waals surface area contributed by atoms with Crippen molar-refractivity contribution in [2.24, 2.45) is 7.05 Å². The number of methoxy groups -OCH3 is 1. The van der Waals surface area contributed by atoms with Crippen molar-refractivity contribution in [1.82, 2.24) is 9.36 Å². The summed E-state index contributed by atoms with van der Waals surface area (Å²) >= 11 is 0. The number of benzene rings is 2. The van der Waals surface area contributed by atoms with Crippen LogP contribution in [0.1, 0.15) is 25.1 Å². The first-order valence-corrected chi connectivity index (χ1v) is 11.6. The zero-order valence-electron chi connectivity index (χ0n) is 21.6. The molecule has 198 valence electrons. The first-order valence-electron chi connectivity index (χ1n) is 11.6. The average molecular weight is 522 g/mol. The Bertz CT molecular complexity index is 1480. The van der Waals surface area contributed by atoms with Crippen LogP contribution in [-0.2, 0) is 30.9 Å². The lowest BCUT2D eigenvalue weighted by Gasteiger charge is -2.29. The summed E-state index contributed by atoms with van der Waals surface area (Å²) in [6.07, 6.45) is 1.31. The number of nitrogens with zero attached hydrogens (tertiary/aromatic N) is 2. The van der Waals surface area contributed by atoms with E-state index < -0.39 is 30.2 Å². The number of amides is 1. The highest BCUT2D eigenvalue weighted by Crippen LogP contribution is 2.30. The minimum atomic E-state index is -1.34. The number of rotatable bonds is 7. The Morgan fingerprint density at radius 1 is 1.03 bits per heavy atom. The molecule has 2 aromatic carbocycles. The Morgan fingerprint density at radius 3 is 2.32 bits per heavy atom. The van der Waals surface area contributed by atoms with Gasteiger partial charge in [0.25, 0.3) is 17.3 Å². The van der Waals surface area contributed by atoms with Crippen molar-refractivity contribution in [3.05, 3.63) is 75.7 Å². The fourth-order valence-corrected chi connectivity index (χ4v) is 3.87. The summed E-state index contributed by atoms with van der Waals surface area (Å²) in [5.41, 5.74) is 1.20. The lowest BCUT2D eigenvalue weighted by atomic mass is 10.1. The van der Waals surface area contributed by atoms with Gasteiger partial charge in [-0.3, -0.25) is 14.3 Å². The van der Waals surface area contributed by atoms with Crippen LogP contribution in [0.5, 0.6) is 11.5 Å². The summed E-state index contributed by atoms with van der Waals surface area (Å²) in [5.74, 6) is -2.98. The molecule has 4 rings (SSSR count). The zero-order valence-corrected chi connectivity index (χ0v) is 21.6. The van der Waals surface area contributed by atoms with E-state index in [9.17, 15) is 19.2 Å². The first-order chi connectivity index (χ1) is 18.0. The molecular weight excluding hydrogens is 494 g/mol. The molecule has 1 aromatic heterocycles. The number of ether oxygens (including phenoxy) is 4. The van der Waals surface area contributed by atoms with Crippen molar-refractivity contribution < 1.29 is 33.3 Å². The van der Waals surface area contributed by atoms with Gasteiger partial charge in [0.2, 0.25) is 0 Å². The first kappa shape index (κ1) is 26.3. The fraction of sp³-hybridized carbons (Fsp3) is 0.259. The maximum Gasteiger partial charge on any atom is 0.348 e. The average Bonchev–Trinajstić information content (AvgIpc) is 3.08. The second-order valence-corrected chi connectivity index (χ2v) is 8.92. The van der Waals surface area contributed by atoms with Gasteiger partial charge in [0.1, 0.15) is 11.3 Å². The monoisotopic (exact) mass is 521 g/mol. The summed E-state index contributed by atoms with van der Waals surface area (Å²) in [6, 6.07) is 13.7. The van der Waals surface area contributed by atoms with Gasteiger partial charge in [-0.15, -0.1) is 0 Å². The van der Waals surface area contributed by atoms with Crippen LogP contribution in [0.15, 0.2) is 58.9 Å². The van der Waals surface area contributed by atoms with Crippen LogP contribution in [0.4, 0.5) is 5.69 Å². The Balaban J connectivity index is 1.47. The minimum absolute atomic E-state index is 0.147. The van der Waals surface area contributed by atoms with Gasteiger partial charge in [-0.1, -0.05) is 24.3 Å². The smallest absolute Gasteiger partial charge is 0.348 e. The normalized spacial score (nSPS) is 14.4. The van der Waals surface area contributed by atoms with E-state index in [0.29, 0.717) is 16.9 Å². The highest BCUT2D eigenvalue weighted by atomic mass is 16.7. The predicted molar refractivity (Wildman–Crippen MR) is 137 cm³/mol. The molecule has 38 heavy (non-hydrogen) atoms. The molecule has 0 aliphatic carbocycles. The van der Waals surface area contributed by atoms with Gasteiger partial charge in [-0.25, -0.2) is 14.3 Å². The van der Waals surface area contributed by atoms with E-state index in [4.69, 9.17) is 18.9 Å². The summed E-state index contributed by atoms with van der Waals surface area (Å²) in [6.45, 7) is 4.25. The van der Waals surface area contributed by atoms with Crippen molar-refractivity contribution in [2.75, 3.05) is 19.0 Å². The van der Waals surface area contributed by atoms with Crippen molar-refractivity contribution in [3.8, 4) is 17.2 Å². The third-order valence-electron chi connectivity index (χ3n) is 5.79. The number of hydrogen-bond acceptors (Lipinski definition) is 8. The van der Waals surface area contributed by atoms with E-state index in [1.807, 2.05) is 18.2 Å². The molecule has 0 spiro atoms. The number of para-hydroxylation sites is 1. The molecule has 0 radical (unpaired) electrons. The van der Waals surface area contributed by atoms with Crippen molar-refractivity contribution >= 4 is 29.6 Å². The summed E-state index contributed by atoms with van der Waals surface area (Å²) in [5, 5.41) is 2.63. The molecule has 1 aliphatic rings. The molecule has 2 heterocycles. The van der Waals surface area contributed by atoms with Crippen molar-refractivity contribution in [3.63, 3.8) is 0 Å². The Labute approximate surface area is 218 Å². The number of hydrogen-bond donors (Lipinski definition) is 1. The van der Waals surface area contributed by atoms with E-state index in [0.717, 1.165) is 0 Å². The van der Waals surface area contributed by atoms with E-state index in [2.05, 4.69) is 5.32 Å². The Morgan fingerprint density at radius 2 is 1.68 bits per heavy atom. The third-order valence-corrected chi connectivity index (χ3v) is 5.79. The van der Waals surface area contributed by atoms with Crippen LogP contribution in [0, 0.1) is 6.92 Å². The second-order valence-electron chi connectivity index (χ2n) is 8.92. The molecule has 11 heteroatoms. The number of nitrogens with one attached hydrogen (secondary N) is 1. The molecule has 0 unspecified atom stereocenters. The molecule has 1 N–H and O–H groups in total. The van der Waals surface area contributed by atoms with Gasteiger partial charge in [0.05, 0.1) is 18.5 Å². The van der Waals surface area contributed by atoms with Gasteiger partial charge >= 0.3 is 11.9 Å². The molecular formula is C27H27N3O8. The SMILES string of the molecule is COc1cc(C=C2C(=O)OC(C)(C)OC2=O)ccc1OCC(=O)Nc1c(C)n(C)n(-c2ccccc2)c1=O. The summed E-state index contributed by atoms with van der Waals surface area (Å²) in [7, 11) is 3.13. The van der Waals surface area contributed by atoms with Gasteiger partial charge in [-0.2, -0.15) is 0 Å². The van der Waals surface area contributed by atoms with E-state index >= 15 is 0 Å². The molecule has 1 amide bonds. The maximum atomic E-state index is 13.0. The fourth-order valence-electron chi connectivity index (χ4n) is 3.87. The van der Waals surface area contributed by atoms with Crippen LogP contribution >= 0.6 is 0 Å². The number of carbonyl (C=O) groups excluding carboxylic acids is 3. The molecule has 0 atom stereocenters. The van der Waals surface area contributed by atoms with Crippen LogP contribution in [0.25, 0.3) is 11.8 Å². The van der Waals surface area contributed by atoms with Gasteiger partial charge in [-0.05, 0) is 42.8 Å². The summed E-state index contributed by atoms with van der Waals surface area (Å²) < 4.78 is 24.3. The van der Waals surface area contributed by atoms with Crippen molar-refractivity contribution in [2.45, 2.75) is 26.6 Å². The Kier molecular flexibility index (Phi) is 7.11. The largest absolute Gasteiger partial charge is 0.493 e. The number of anilines is 1. The van der Waals surface area contributed by atoms with Crippen LogP contribution in [0.2, 0.25) is 0 Å². The van der Waals surface area contributed by atoms with Crippen LogP contribution in [-0.4, -0.2) is 46.7 Å². The maximum absolute atomic E-state index is 13.0. The topological polar surface area (TPSA) is 127 Å². The summed E-state index contributed by atoms with van der Waals surface area (Å²) in [4.78, 5) is 50.1. The molecule has 1 aliphatic heterocycles.